The van der Waals surface area contributed by atoms with Gasteiger partial charge in [-0.2, -0.15) is 0 Å². The Morgan fingerprint density at radius 1 is 1.40 bits per heavy atom. The van der Waals surface area contributed by atoms with Crippen molar-refractivity contribution in [3.8, 4) is 5.75 Å². The summed E-state index contributed by atoms with van der Waals surface area (Å²) in [4.78, 5) is 0. The molecule has 114 valence electrons. The smallest absolute Gasteiger partial charge is 0.167 e. The lowest BCUT2D eigenvalue weighted by atomic mass is 10.0. The summed E-state index contributed by atoms with van der Waals surface area (Å²) in [6.45, 7) is 6.63. The maximum atomic E-state index is 13.7. The summed E-state index contributed by atoms with van der Waals surface area (Å²) in [6, 6.07) is 2.93. The molecule has 0 aliphatic carbocycles. The van der Waals surface area contributed by atoms with E-state index in [1.165, 1.54) is 6.07 Å². The predicted molar refractivity (Wildman–Crippen MR) is 80.5 cm³/mol. The van der Waals surface area contributed by atoms with Crippen LogP contribution in [0.25, 0.3) is 0 Å². The van der Waals surface area contributed by atoms with Crippen LogP contribution in [0.4, 0.5) is 15.8 Å². The van der Waals surface area contributed by atoms with Gasteiger partial charge >= 0.3 is 0 Å². The van der Waals surface area contributed by atoms with E-state index in [1.54, 1.807) is 6.07 Å². The van der Waals surface area contributed by atoms with Crippen molar-refractivity contribution in [1.29, 1.82) is 0 Å². The molecule has 0 spiro atoms. The number of aliphatic hydroxyl groups excluding tert-OH is 1. The first-order valence-electron chi connectivity index (χ1n) is 7.08. The number of hydrogen-bond acceptors (Lipinski definition) is 4. The lowest BCUT2D eigenvalue weighted by Crippen LogP contribution is -2.27. The first kappa shape index (κ1) is 16.6. The first-order valence-corrected chi connectivity index (χ1v) is 7.08. The zero-order chi connectivity index (χ0) is 15.1. The minimum absolute atomic E-state index is 0.0757. The molecule has 0 aliphatic rings. The van der Waals surface area contributed by atoms with Crippen LogP contribution in [0.3, 0.4) is 0 Å². The largest absolute Gasteiger partial charge is 0.490 e. The average molecular weight is 284 g/mol. The van der Waals surface area contributed by atoms with Crippen LogP contribution in [0.1, 0.15) is 33.6 Å². The van der Waals surface area contributed by atoms with Crippen molar-refractivity contribution in [2.75, 3.05) is 24.3 Å². The second-order valence-electron chi connectivity index (χ2n) is 5.23. The molecule has 0 radical (unpaired) electrons. The molecular weight excluding hydrogens is 259 g/mol. The number of nitrogens with two attached hydrogens (primary N) is 1. The van der Waals surface area contributed by atoms with Crippen LogP contribution in [0.15, 0.2) is 12.1 Å². The molecular formula is C15H25FN2O2. The Kier molecular flexibility index (Phi) is 6.58. The zero-order valence-electron chi connectivity index (χ0n) is 12.4. The lowest BCUT2D eigenvalue weighted by molar-refractivity contribution is 0.267. The van der Waals surface area contributed by atoms with Crippen LogP contribution in [-0.4, -0.2) is 24.4 Å². The van der Waals surface area contributed by atoms with Crippen molar-refractivity contribution < 1.29 is 14.2 Å². The molecule has 20 heavy (non-hydrogen) atoms. The Balaban J connectivity index is 2.92. The maximum Gasteiger partial charge on any atom is 0.167 e. The minimum Gasteiger partial charge on any atom is -0.490 e. The number of ether oxygens (including phenoxy) is 1. The molecule has 1 aromatic rings. The highest BCUT2D eigenvalue weighted by atomic mass is 19.1. The normalized spacial score (nSPS) is 12.5. The standard InChI is InChI=1S/C15H25FN2O2/c1-4-7-20-15-9-14(12(17)8-11(15)16)18-13(5-6-19)10(2)3/h8-10,13,18-19H,4-7,17H2,1-3H3. The number of aliphatic hydroxyl groups is 1. The molecule has 1 rings (SSSR count). The third-order valence-electron chi connectivity index (χ3n) is 3.15. The van der Waals surface area contributed by atoms with Gasteiger partial charge in [-0.1, -0.05) is 20.8 Å². The minimum atomic E-state index is -0.454. The van der Waals surface area contributed by atoms with Gasteiger partial charge in [-0.15, -0.1) is 0 Å². The number of halogens is 1. The van der Waals surface area contributed by atoms with Gasteiger partial charge in [0.15, 0.2) is 11.6 Å². The molecule has 0 saturated heterocycles. The highest BCUT2D eigenvalue weighted by Crippen LogP contribution is 2.30. The van der Waals surface area contributed by atoms with Gasteiger partial charge in [0.25, 0.3) is 0 Å². The van der Waals surface area contributed by atoms with E-state index >= 15 is 0 Å². The van der Waals surface area contributed by atoms with E-state index in [0.29, 0.717) is 30.3 Å². The van der Waals surface area contributed by atoms with Gasteiger partial charge in [-0.05, 0) is 18.8 Å². The van der Waals surface area contributed by atoms with Crippen LogP contribution >= 0.6 is 0 Å². The van der Waals surface area contributed by atoms with Crippen LogP contribution < -0.4 is 15.8 Å². The third-order valence-corrected chi connectivity index (χ3v) is 3.15. The highest BCUT2D eigenvalue weighted by Gasteiger charge is 2.16. The maximum absolute atomic E-state index is 13.7. The van der Waals surface area contributed by atoms with E-state index in [2.05, 4.69) is 19.2 Å². The number of rotatable bonds is 8. The van der Waals surface area contributed by atoms with Gasteiger partial charge < -0.3 is 20.9 Å². The molecule has 1 aromatic carbocycles. The summed E-state index contributed by atoms with van der Waals surface area (Å²) in [5.41, 5.74) is 6.83. The molecule has 1 unspecified atom stereocenters. The lowest BCUT2D eigenvalue weighted by Gasteiger charge is -2.24. The van der Waals surface area contributed by atoms with Crippen molar-refractivity contribution in [2.45, 2.75) is 39.7 Å². The van der Waals surface area contributed by atoms with Crippen LogP contribution in [0, 0.1) is 11.7 Å². The molecule has 0 bridgehead atoms. The van der Waals surface area contributed by atoms with Gasteiger partial charge in [-0.3, -0.25) is 0 Å². The van der Waals surface area contributed by atoms with Crippen molar-refractivity contribution in [2.24, 2.45) is 5.92 Å². The van der Waals surface area contributed by atoms with Gasteiger partial charge in [0.1, 0.15) is 0 Å². The Hall–Kier alpha value is -1.49. The Morgan fingerprint density at radius 3 is 2.65 bits per heavy atom. The van der Waals surface area contributed by atoms with Crippen LogP contribution in [0.2, 0.25) is 0 Å². The molecule has 0 aliphatic heterocycles. The van der Waals surface area contributed by atoms with Gasteiger partial charge in [-0.25, -0.2) is 4.39 Å². The first-order chi connectivity index (χ1) is 9.49. The SMILES string of the molecule is CCCOc1cc(NC(CCO)C(C)C)c(N)cc1F. The molecule has 0 heterocycles. The fourth-order valence-electron chi connectivity index (χ4n) is 1.93. The van der Waals surface area contributed by atoms with Gasteiger partial charge in [0.05, 0.1) is 18.0 Å². The number of nitrogens with one attached hydrogen (secondary N) is 1. The monoisotopic (exact) mass is 284 g/mol. The van der Waals surface area contributed by atoms with Crippen molar-refractivity contribution in [1.82, 2.24) is 0 Å². The van der Waals surface area contributed by atoms with E-state index in [4.69, 9.17) is 15.6 Å². The highest BCUT2D eigenvalue weighted by molar-refractivity contribution is 5.69. The summed E-state index contributed by atoms with van der Waals surface area (Å²) in [6.07, 6.45) is 1.42. The Bertz CT molecular complexity index is 425. The topological polar surface area (TPSA) is 67.5 Å². The summed E-state index contributed by atoms with van der Waals surface area (Å²) in [5, 5.41) is 12.4. The van der Waals surface area contributed by atoms with Gasteiger partial charge in [0.2, 0.25) is 0 Å². The number of benzene rings is 1. The zero-order valence-corrected chi connectivity index (χ0v) is 12.4. The molecule has 4 N–H and O–H groups in total. The second-order valence-corrected chi connectivity index (χ2v) is 5.23. The fraction of sp³-hybridized carbons (Fsp3) is 0.600. The van der Waals surface area contributed by atoms with Crippen molar-refractivity contribution in [3.63, 3.8) is 0 Å². The van der Waals surface area contributed by atoms with Crippen LogP contribution in [0.5, 0.6) is 5.75 Å². The number of hydrogen-bond donors (Lipinski definition) is 3. The predicted octanol–water partition coefficient (Wildman–Crippen LogP) is 3.02. The third kappa shape index (κ3) is 4.56. The average Bonchev–Trinajstić information content (AvgIpc) is 2.39. The van der Waals surface area contributed by atoms with Gasteiger partial charge in [0, 0.05) is 24.8 Å². The van der Waals surface area contributed by atoms with E-state index in [-0.39, 0.29) is 18.4 Å². The summed E-state index contributed by atoms with van der Waals surface area (Å²) in [7, 11) is 0. The van der Waals surface area contributed by atoms with Crippen molar-refractivity contribution >= 4 is 11.4 Å². The molecule has 5 heteroatoms. The fourth-order valence-corrected chi connectivity index (χ4v) is 1.93. The molecule has 1 atom stereocenters. The van der Waals surface area contributed by atoms with Crippen LogP contribution in [-0.2, 0) is 0 Å². The Morgan fingerprint density at radius 2 is 2.10 bits per heavy atom. The van der Waals surface area contributed by atoms with E-state index < -0.39 is 5.82 Å². The van der Waals surface area contributed by atoms with E-state index in [0.717, 1.165) is 6.42 Å². The quantitative estimate of drug-likeness (QED) is 0.642. The number of nitrogen functional groups attached to an aromatic ring is 1. The molecule has 0 saturated carbocycles. The van der Waals surface area contributed by atoms with E-state index in [1.807, 2.05) is 6.92 Å². The van der Waals surface area contributed by atoms with Crippen molar-refractivity contribution in [3.05, 3.63) is 17.9 Å². The second kappa shape index (κ2) is 7.94. The molecule has 0 amide bonds. The molecule has 4 nitrogen and oxygen atoms in total. The summed E-state index contributed by atoms with van der Waals surface area (Å²) in [5.74, 6) is 0.0754. The summed E-state index contributed by atoms with van der Waals surface area (Å²) >= 11 is 0. The number of anilines is 2. The molecule has 0 fully saturated rings. The molecule has 0 aromatic heterocycles. The summed E-state index contributed by atoms with van der Waals surface area (Å²) < 4.78 is 19.1. The van der Waals surface area contributed by atoms with E-state index in [9.17, 15) is 4.39 Å². The Labute approximate surface area is 120 Å².